The molecule has 3 rings (SSSR count). The van der Waals surface area contributed by atoms with Gasteiger partial charge in [-0.05, 0) is 18.4 Å². The summed E-state index contributed by atoms with van der Waals surface area (Å²) in [6, 6.07) is 0.166. The molecule has 0 saturated carbocycles. The molecule has 0 aliphatic carbocycles. The van der Waals surface area contributed by atoms with Crippen molar-refractivity contribution in [3.63, 3.8) is 0 Å². The fourth-order valence-corrected chi connectivity index (χ4v) is 2.97. The number of aliphatic hydroxyl groups excluding tert-OH is 1. The highest BCUT2D eigenvalue weighted by Gasteiger charge is 2.33. The van der Waals surface area contributed by atoms with Gasteiger partial charge in [-0.25, -0.2) is 0 Å². The molecular formula is C14H21N5O. The van der Waals surface area contributed by atoms with Gasteiger partial charge in [-0.2, -0.15) is 10.2 Å². The minimum atomic E-state index is -0.258. The van der Waals surface area contributed by atoms with E-state index in [0.717, 1.165) is 25.9 Å². The number of aromatic nitrogens is 4. The van der Waals surface area contributed by atoms with Gasteiger partial charge < -0.3 is 5.11 Å². The van der Waals surface area contributed by atoms with Gasteiger partial charge in [-0.1, -0.05) is 0 Å². The lowest BCUT2D eigenvalue weighted by molar-refractivity contribution is 0.112. The van der Waals surface area contributed by atoms with E-state index < -0.39 is 0 Å². The second kappa shape index (κ2) is 5.38. The summed E-state index contributed by atoms with van der Waals surface area (Å²) in [7, 11) is 3.84. The highest BCUT2D eigenvalue weighted by Crippen LogP contribution is 2.23. The van der Waals surface area contributed by atoms with Crippen molar-refractivity contribution >= 4 is 0 Å². The monoisotopic (exact) mass is 275 g/mol. The minimum absolute atomic E-state index is 0.166. The molecule has 20 heavy (non-hydrogen) atoms. The lowest BCUT2D eigenvalue weighted by atomic mass is 10.0. The normalized spacial score (nSPS) is 23.6. The summed E-state index contributed by atoms with van der Waals surface area (Å²) in [6.07, 6.45) is 9.26. The third-order valence-electron chi connectivity index (χ3n) is 3.97. The smallest absolute Gasteiger partial charge is 0.0711 e. The lowest BCUT2D eigenvalue weighted by Crippen LogP contribution is -2.36. The SMILES string of the molecule is Cn1cc(C[C@@H]2[C@H](O)CCN2Cc2cnn(C)c2)cn1. The second-order valence-corrected chi connectivity index (χ2v) is 5.64. The van der Waals surface area contributed by atoms with Crippen LogP contribution in [0, 0.1) is 0 Å². The standard InChI is InChI=1S/C14H21N5O/c1-17-8-11(6-15-17)5-13-14(20)3-4-19(13)10-12-7-16-18(2)9-12/h6-9,13-14,20H,3-5,10H2,1-2H3/t13-,14-/m1/s1. The average Bonchev–Trinajstić information content (AvgIpc) is 3.08. The molecular weight excluding hydrogens is 254 g/mol. The first-order valence-electron chi connectivity index (χ1n) is 6.99. The summed E-state index contributed by atoms with van der Waals surface area (Å²) >= 11 is 0. The molecule has 6 nitrogen and oxygen atoms in total. The van der Waals surface area contributed by atoms with E-state index in [2.05, 4.69) is 15.1 Å². The Balaban J connectivity index is 1.69. The number of likely N-dealkylation sites (tertiary alicyclic amines) is 1. The first-order chi connectivity index (χ1) is 9.61. The van der Waals surface area contributed by atoms with Crippen molar-refractivity contribution in [2.75, 3.05) is 6.54 Å². The predicted molar refractivity (Wildman–Crippen MR) is 74.9 cm³/mol. The second-order valence-electron chi connectivity index (χ2n) is 5.64. The van der Waals surface area contributed by atoms with Crippen LogP contribution in [0.25, 0.3) is 0 Å². The van der Waals surface area contributed by atoms with Crippen molar-refractivity contribution < 1.29 is 5.11 Å². The van der Waals surface area contributed by atoms with Crippen molar-refractivity contribution in [1.29, 1.82) is 0 Å². The van der Waals surface area contributed by atoms with Gasteiger partial charge in [-0.3, -0.25) is 14.3 Å². The van der Waals surface area contributed by atoms with Crippen LogP contribution in [0.4, 0.5) is 0 Å². The Morgan fingerprint density at radius 1 is 1.15 bits per heavy atom. The molecule has 6 heteroatoms. The van der Waals surface area contributed by atoms with E-state index in [1.54, 1.807) is 0 Å². The van der Waals surface area contributed by atoms with Gasteiger partial charge in [-0.15, -0.1) is 0 Å². The summed E-state index contributed by atoms with van der Waals surface area (Å²) in [5.74, 6) is 0. The first-order valence-corrected chi connectivity index (χ1v) is 6.99. The van der Waals surface area contributed by atoms with Crippen molar-refractivity contribution in [2.24, 2.45) is 14.1 Å². The van der Waals surface area contributed by atoms with Crippen molar-refractivity contribution in [3.05, 3.63) is 35.9 Å². The van der Waals surface area contributed by atoms with Crippen LogP contribution in [0.2, 0.25) is 0 Å². The largest absolute Gasteiger partial charge is 0.391 e. The fraction of sp³-hybridized carbons (Fsp3) is 0.571. The molecule has 0 unspecified atom stereocenters. The van der Waals surface area contributed by atoms with Gasteiger partial charge in [0.25, 0.3) is 0 Å². The van der Waals surface area contributed by atoms with Crippen LogP contribution in [0.3, 0.4) is 0 Å². The molecule has 1 aliphatic heterocycles. The highest BCUT2D eigenvalue weighted by atomic mass is 16.3. The van der Waals surface area contributed by atoms with Gasteiger partial charge in [0, 0.05) is 51.2 Å². The molecule has 2 atom stereocenters. The molecule has 108 valence electrons. The fourth-order valence-electron chi connectivity index (χ4n) is 2.97. The van der Waals surface area contributed by atoms with E-state index in [1.807, 2.05) is 48.2 Å². The lowest BCUT2D eigenvalue weighted by Gasteiger charge is -2.25. The Morgan fingerprint density at radius 3 is 2.40 bits per heavy atom. The van der Waals surface area contributed by atoms with Crippen molar-refractivity contribution in [2.45, 2.75) is 31.5 Å². The topological polar surface area (TPSA) is 59.1 Å². The van der Waals surface area contributed by atoms with Gasteiger partial charge >= 0.3 is 0 Å². The van der Waals surface area contributed by atoms with Crippen LogP contribution in [0.5, 0.6) is 0 Å². The zero-order valence-electron chi connectivity index (χ0n) is 12.0. The average molecular weight is 275 g/mol. The molecule has 3 heterocycles. The van der Waals surface area contributed by atoms with E-state index in [9.17, 15) is 5.11 Å². The predicted octanol–water partition coefficient (Wildman–Crippen LogP) is 0.331. The molecule has 0 bridgehead atoms. The Bertz CT molecular complexity index is 576. The molecule has 1 aliphatic rings. The molecule has 1 fully saturated rings. The van der Waals surface area contributed by atoms with Gasteiger partial charge in [0.15, 0.2) is 0 Å². The van der Waals surface area contributed by atoms with E-state index >= 15 is 0 Å². The number of nitrogens with zero attached hydrogens (tertiary/aromatic N) is 5. The highest BCUT2D eigenvalue weighted by molar-refractivity contribution is 5.10. The summed E-state index contributed by atoms with van der Waals surface area (Å²) in [6.45, 7) is 1.77. The summed E-state index contributed by atoms with van der Waals surface area (Å²) in [5.41, 5.74) is 2.37. The molecule has 2 aromatic heterocycles. The van der Waals surface area contributed by atoms with E-state index in [1.165, 1.54) is 11.1 Å². The zero-order valence-corrected chi connectivity index (χ0v) is 12.0. The molecule has 0 spiro atoms. The van der Waals surface area contributed by atoms with Crippen molar-refractivity contribution in [1.82, 2.24) is 24.5 Å². The van der Waals surface area contributed by atoms with Gasteiger partial charge in [0.1, 0.15) is 0 Å². The van der Waals surface area contributed by atoms with Gasteiger partial charge in [0.2, 0.25) is 0 Å². The maximum absolute atomic E-state index is 10.2. The Kier molecular flexibility index (Phi) is 3.58. The van der Waals surface area contributed by atoms with Crippen LogP contribution in [-0.2, 0) is 27.1 Å². The van der Waals surface area contributed by atoms with Crippen LogP contribution < -0.4 is 0 Å². The minimum Gasteiger partial charge on any atom is -0.391 e. The van der Waals surface area contributed by atoms with Crippen LogP contribution >= 0.6 is 0 Å². The third kappa shape index (κ3) is 2.76. The maximum atomic E-state index is 10.2. The van der Waals surface area contributed by atoms with E-state index in [0.29, 0.717) is 0 Å². The number of hydrogen-bond acceptors (Lipinski definition) is 4. The van der Waals surface area contributed by atoms with E-state index in [-0.39, 0.29) is 12.1 Å². The summed E-state index contributed by atoms with van der Waals surface area (Å²) < 4.78 is 3.63. The Morgan fingerprint density at radius 2 is 1.80 bits per heavy atom. The zero-order chi connectivity index (χ0) is 14.1. The van der Waals surface area contributed by atoms with Crippen LogP contribution in [0.15, 0.2) is 24.8 Å². The van der Waals surface area contributed by atoms with Gasteiger partial charge in [0.05, 0.1) is 18.5 Å². The number of aryl methyl sites for hydroxylation is 2. The Labute approximate surface area is 118 Å². The maximum Gasteiger partial charge on any atom is 0.0711 e. The summed E-state index contributed by atoms with van der Waals surface area (Å²) in [4.78, 5) is 2.34. The molecule has 1 saturated heterocycles. The molecule has 0 aromatic carbocycles. The number of rotatable bonds is 4. The Hall–Kier alpha value is -1.66. The first kappa shape index (κ1) is 13.3. The third-order valence-corrected chi connectivity index (χ3v) is 3.97. The van der Waals surface area contributed by atoms with Crippen molar-refractivity contribution in [3.8, 4) is 0 Å². The molecule has 0 amide bonds. The number of aliphatic hydroxyl groups is 1. The van der Waals surface area contributed by atoms with E-state index in [4.69, 9.17) is 0 Å². The van der Waals surface area contributed by atoms with Crippen LogP contribution in [-0.4, -0.2) is 48.3 Å². The molecule has 1 N–H and O–H groups in total. The van der Waals surface area contributed by atoms with Crippen LogP contribution in [0.1, 0.15) is 17.5 Å². The molecule has 0 radical (unpaired) electrons. The summed E-state index contributed by atoms with van der Waals surface area (Å²) in [5, 5.41) is 18.6. The quantitative estimate of drug-likeness (QED) is 0.873. The number of hydrogen-bond donors (Lipinski definition) is 1. The molecule has 2 aromatic rings.